The SMILES string of the molecule is CC(C)CC(OC(c1ccc(Br)cc1)C(C)C)C(=O)NCC#N. The first-order chi connectivity index (χ1) is 10.8. The molecular weight excluding hydrogens is 356 g/mol. The van der Waals surface area contributed by atoms with Crippen molar-refractivity contribution < 1.29 is 9.53 Å². The van der Waals surface area contributed by atoms with Crippen LogP contribution in [-0.2, 0) is 9.53 Å². The minimum absolute atomic E-state index is 0.00141. The zero-order valence-electron chi connectivity index (χ0n) is 14.2. The molecule has 0 bridgehead atoms. The number of hydrogen-bond acceptors (Lipinski definition) is 3. The van der Waals surface area contributed by atoms with E-state index in [1.165, 1.54) is 0 Å². The lowest BCUT2D eigenvalue weighted by atomic mass is 9.97. The molecule has 1 aromatic rings. The monoisotopic (exact) mass is 380 g/mol. The molecule has 2 atom stereocenters. The van der Waals surface area contributed by atoms with Gasteiger partial charge in [-0.05, 0) is 36.0 Å². The lowest BCUT2D eigenvalue weighted by Crippen LogP contribution is -2.39. The lowest BCUT2D eigenvalue weighted by molar-refractivity contribution is -0.140. The van der Waals surface area contributed by atoms with Gasteiger partial charge in [-0.2, -0.15) is 5.26 Å². The summed E-state index contributed by atoms with van der Waals surface area (Å²) in [5.41, 5.74) is 1.05. The maximum atomic E-state index is 12.3. The molecule has 0 radical (unpaired) electrons. The quantitative estimate of drug-likeness (QED) is 0.686. The van der Waals surface area contributed by atoms with Gasteiger partial charge in [-0.25, -0.2) is 0 Å². The average molecular weight is 381 g/mol. The van der Waals surface area contributed by atoms with E-state index in [9.17, 15) is 4.79 Å². The van der Waals surface area contributed by atoms with Crippen molar-refractivity contribution in [2.24, 2.45) is 11.8 Å². The Morgan fingerprint density at radius 2 is 1.87 bits per heavy atom. The largest absolute Gasteiger partial charge is 0.360 e. The third kappa shape index (κ3) is 6.72. The number of ether oxygens (including phenoxy) is 1. The molecule has 0 aromatic heterocycles. The molecule has 1 amide bonds. The first-order valence-corrected chi connectivity index (χ1v) is 8.70. The van der Waals surface area contributed by atoms with Crippen molar-refractivity contribution in [3.05, 3.63) is 34.3 Å². The third-order valence-electron chi connectivity index (χ3n) is 3.43. The van der Waals surface area contributed by atoms with Gasteiger partial charge in [0.05, 0.1) is 12.2 Å². The molecule has 0 aliphatic heterocycles. The standard InChI is InChI=1S/C18H25BrN2O2/c1-12(2)11-16(18(22)21-10-9-20)23-17(13(3)4)14-5-7-15(19)8-6-14/h5-8,12-13,16-17H,10-11H2,1-4H3,(H,21,22). The Bertz CT molecular complexity index is 535. The summed E-state index contributed by atoms with van der Waals surface area (Å²) in [6, 6.07) is 9.89. The van der Waals surface area contributed by atoms with E-state index in [0.717, 1.165) is 10.0 Å². The molecule has 5 heteroatoms. The summed E-state index contributed by atoms with van der Waals surface area (Å²) in [5, 5.41) is 11.3. The molecule has 1 N–H and O–H groups in total. The summed E-state index contributed by atoms with van der Waals surface area (Å²) >= 11 is 3.43. The second-order valence-corrected chi connectivity index (χ2v) is 7.26. The fourth-order valence-corrected chi connectivity index (χ4v) is 2.61. The Hall–Kier alpha value is -1.38. The number of rotatable bonds is 8. The Morgan fingerprint density at radius 3 is 2.35 bits per heavy atom. The van der Waals surface area contributed by atoms with Crippen LogP contribution in [0.25, 0.3) is 0 Å². The number of halogens is 1. The van der Waals surface area contributed by atoms with Crippen LogP contribution in [-0.4, -0.2) is 18.6 Å². The number of nitrogens with zero attached hydrogens (tertiary/aromatic N) is 1. The predicted molar refractivity (Wildman–Crippen MR) is 94.7 cm³/mol. The van der Waals surface area contributed by atoms with E-state index in [4.69, 9.17) is 10.00 Å². The maximum Gasteiger partial charge on any atom is 0.249 e. The van der Waals surface area contributed by atoms with Crippen molar-refractivity contribution in [2.75, 3.05) is 6.54 Å². The number of carbonyl (C=O) groups is 1. The van der Waals surface area contributed by atoms with Crippen LogP contribution in [0.1, 0.15) is 45.8 Å². The van der Waals surface area contributed by atoms with E-state index in [1.54, 1.807) is 0 Å². The van der Waals surface area contributed by atoms with Gasteiger partial charge in [0.2, 0.25) is 5.91 Å². The zero-order chi connectivity index (χ0) is 17.4. The lowest BCUT2D eigenvalue weighted by Gasteiger charge is -2.28. The summed E-state index contributed by atoms with van der Waals surface area (Å²) in [5.74, 6) is 0.336. The average Bonchev–Trinajstić information content (AvgIpc) is 2.49. The molecule has 0 saturated carbocycles. The highest BCUT2D eigenvalue weighted by Gasteiger charge is 2.27. The zero-order valence-corrected chi connectivity index (χ0v) is 15.8. The number of amides is 1. The summed E-state index contributed by atoms with van der Waals surface area (Å²) in [4.78, 5) is 12.3. The molecular formula is C18H25BrN2O2. The topological polar surface area (TPSA) is 62.1 Å². The van der Waals surface area contributed by atoms with Gasteiger partial charge in [0.1, 0.15) is 12.6 Å². The van der Waals surface area contributed by atoms with Gasteiger partial charge in [0.25, 0.3) is 0 Å². The Balaban J connectivity index is 2.93. The van der Waals surface area contributed by atoms with Crippen LogP contribution < -0.4 is 5.32 Å². The minimum Gasteiger partial charge on any atom is -0.360 e. The van der Waals surface area contributed by atoms with Crippen molar-refractivity contribution >= 4 is 21.8 Å². The highest BCUT2D eigenvalue weighted by molar-refractivity contribution is 9.10. The van der Waals surface area contributed by atoms with Crippen LogP contribution in [0.5, 0.6) is 0 Å². The summed E-state index contributed by atoms with van der Waals surface area (Å²) in [6.07, 6.45) is -0.101. The molecule has 2 unspecified atom stereocenters. The Labute approximate surface area is 147 Å². The van der Waals surface area contributed by atoms with Gasteiger partial charge in [0.15, 0.2) is 0 Å². The van der Waals surface area contributed by atoms with Crippen LogP contribution in [0.2, 0.25) is 0 Å². The fourth-order valence-electron chi connectivity index (χ4n) is 2.34. The molecule has 0 fully saturated rings. The summed E-state index contributed by atoms with van der Waals surface area (Å²) in [7, 11) is 0. The van der Waals surface area contributed by atoms with E-state index in [2.05, 4.69) is 48.9 Å². The van der Waals surface area contributed by atoms with Crippen LogP contribution in [0.4, 0.5) is 0 Å². The summed E-state index contributed by atoms with van der Waals surface area (Å²) < 4.78 is 7.18. The number of nitriles is 1. The van der Waals surface area contributed by atoms with Gasteiger partial charge < -0.3 is 10.1 Å². The smallest absolute Gasteiger partial charge is 0.249 e. The van der Waals surface area contributed by atoms with Crippen LogP contribution in [0.3, 0.4) is 0 Å². The van der Waals surface area contributed by atoms with Crippen molar-refractivity contribution in [2.45, 2.75) is 46.3 Å². The predicted octanol–water partition coefficient (Wildman–Crippen LogP) is 4.22. The second-order valence-electron chi connectivity index (χ2n) is 6.35. The first kappa shape index (κ1) is 19.7. The molecule has 23 heavy (non-hydrogen) atoms. The normalized spacial score (nSPS) is 13.7. The van der Waals surface area contributed by atoms with Crippen LogP contribution >= 0.6 is 15.9 Å². The van der Waals surface area contributed by atoms with Gasteiger partial charge in [-0.1, -0.05) is 55.8 Å². The van der Waals surface area contributed by atoms with Crippen molar-refractivity contribution in [3.8, 4) is 6.07 Å². The molecule has 0 saturated heterocycles. The molecule has 0 heterocycles. The van der Waals surface area contributed by atoms with Crippen molar-refractivity contribution in [3.63, 3.8) is 0 Å². The van der Waals surface area contributed by atoms with Gasteiger partial charge in [-0.15, -0.1) is 0 Å². The summed E-state index contributed by atoms with van der Waals surface area (Å²) in [6.45, 7) is 8.26. The molecule has 0 spiro atoms. The van der Waals surface area contributed by atoms with Gasteiger partial charge in [-0.3, -0.25) is 4.79 Å². The van der Waals surface area contributed by atoms with E-state index >= 15 is 0 Å². The molecule has 126 valence electrons. The van der Waals surface area contributed by atoms with Crippen LogP contribution in [0, 0.1) is 23.2 Å². The van der Waals surface area contributed by atoms with Crippen molar-refractivity contribution in [1.82, 2.24) is 5.32 Å². The fraction of sp³-hybridized carbons (Fsp3) is 0.556. The first-order valence-electron chi connectivity index (χ1n) is 7.90. The highest BCUT2D eigenvalue weighted by Crippen LogP contribution is 2.29. The van der Waals surface area contributed by atoms with Gasteiger partial charge >= 0.3 is 0 Å². The second kappa shape index (κ2) is 9.69. The minimum atomic E-state index is -0.556. The van der Waals surface area contributed by atoms with E-state index in [-0.39, 0.29) is 24.5 Å². The maximum absolute atomic E-state index is 12.3. The molecule has 0 aliphatic rings. The van der Waals surface area contributed by atoms with E-state index in [1.807, 2.05) is 30.3 Å². The van der Waals surface area contributed by atoms with Crippen molar-refractivity contribution in [1.29, 1.82) is 5.26 Å². The van der Waals surface area contributed by atoms with Crippen LogP contribution in [0.15, 0.2) is 28.7 Å². The molecule has 1 aromatic carbocycles. The Morgan fingerprint density at radius 1 is 1.26 bits per heavy atom. The number of carbonyl (C=O) groups excluding carboxylic acids is 1. The number of nitrogens with one attached hydrogen (secondary N) is 1. The van der Waals surface area contributed by atoms with E-state index in [0.29, 0.717) is 12.3 Å². The van der Waals surface area contributed by atoms with Gasteiger partial charge in [0, 0.05) is 4.47 Å². The third-order valence-corrected chi connectivity index (χ3v) is 3.96. The molecule has 0 aliphatic carbocycles. The number of benzene rings is 1. The molecule has 1 rings (SSSR count). The Kier molecular flexibility index (Phi) is 8.29. The van der Waals surface area contributed by atoms with E-state index < -0.39 is 6.10 Å². The molecule has 4 nitrogen and oxygen atoms in total. The number of hydrogen-bond donors (Lipinski definition) is 1. The highest BCUT2D eigenvalue weighted by atomic mass is 79.9.